The maximum atomic E-state index is 10.9. The van der Waals surface area contributed by atoms with E-state index >= 15 is 0 Å². The van der Waals surface area contributed by atoms with Crippen molar-refractivity contribution >= 4 is 11.8 Å². The van der Waals surface area contributed by atoms with E-state index in [0.29, 0.717) is 5.56 Å². The number of nitrogens with one attached hydrogen (secondary N) is 1. The quantitative estimate of drug-likeness (QED) is 0.749. The molecule has 1 saturated heterocycles. The number of hydrogen-bond acceptors (Lipinski definition) is 6. The molecule has 1 aromatic rings. The molecule has 7 heteroatoms. The van der Waals surface area contributed by atoms with Crippen molar-refractivity contribution in [3.05, 3.63) is 17.8 Å². The van der Waals surface area contributed by atoms with Crippen LogP contribution in [-0.4, -0.2) is 40.5 Å². The van der Waals surface area contributed by atoms with E-state index < -0.39 is 17.9 Å². The SMILES string of the molecule is N#Cc1ccnnc1NC1COCC1C(=O)O. The van der Waals surface area contributed by atoms with Crippen molar-refractivity contribution in [1.82, 2.24) is 10.2 Å². The Morgan fingerprint density at radius 1 is 1.65 bits per heavy atom. The molecule has 0 amide bonds. The number of nitriles is 1. The largest absolute Gasteiger partial charge is 0.481 e. The van der Waals surface area contributed by atoms with Crippen molar-refractivity contribution in [3.8, 4) is 6.07 Å². The lowest BCUT2D eigenvalue weighted by Gasteiger charge is -2.16. The summed E-state index contributed by atoms with van der Waals surface area (Å²) in [5, 5.41) is 28.1. The fourth-order valence-corrected chi connectivity index (χ4v) is 1.64. The van der Waals surface area contributed by atoms with Crippen molar-refractivity contribution < 1.29 is 14.6 Å². The first kappa shape index (κ1) is 11.3. The molecular formula is C10H10N4O3. The second-order valence-corrected chi connectivity index (χ2v) is 3.64. The minimum Gasteiger partial charge on any atom is -0.481 e. The Morgan fingerprint density at radius 3 is 3.18 bits per heavy atom. The summed E-state index contributed by atoms with van der Waals surface area (Å²) in [6, 6.07) is 3.08. The van der Waals surface area contributed by atoms with Crippen LogP contribution in [0, 0.1) is 17.2 Å². The monoisotopic (exact) mass is 234 g/mol. The highest BCUT2D eigenvalue weighted by molar-refractivity contribution is 5.72. The molecule has 2 unspecified atom stereocenters. The van der Waals surface area contributed by atoms with E-state index in [0.717, 1.165) is 0 Å². The van der Waals surface area contributed by atoms with Gasteiger partial charge < -0.3 is 15.2 Å². The van der Waals surface area contributed by atoms with Crippen molar-refractivity contribution in [3.63, 3.8) is 0 Å². The third-order valence-electron chi connectivity index (χ3n) is 2.56. The average molecular weight is 234 g/mol. The Hall–Kier alpha value is -2.20. The van der Waals surface area contributed by atoms with Gasteiger partial charge in [0.15, 0.2) is 5.82 Å². The van der Waals surface area contributed by atoms with Crippen molar-refractivity contribution in [2.24, 2.45) is 5.92 Å². The number of hydrogen-bond donors (Lipinski definition) is 2. The smallest absolute Gasteiger partial charge is 0.311 e. The highest BCUT2D eigenvalue weighted by Crippen LogP contribution is 2.19. The van der Waals surface area contributed by atoms with Gasteiger partial charge in [-0.05, 0) is 6.07 Å². The van der Waals surface area contributed by atoms with Gasteiger partial charge in [0.1, 0.15) is 12.0 Å². The molecule has 1 aromatic heterocycles. The molecule has 2 atom stereocenters. The predicted octanol–water partition coefficient (Wildman–Crippen LogP) is -0.140. The van der Waals surface area contributed by atoms with Gasteiger partial charge in [-0.15, -0.1) is 5.10 Å². The first-order valence-corrected chi connectivity index (χ1v) is 5.01. The number of carboxylic acid groups (broad SMARTS) is 1. The Bertz CT molecular complexity index is 471. The number of anilines is 1. The van der Waals surface area contributed by atoms with Gasteiger partial charge in [-0.1, -0.05) is 0 Å². The Labute approximate surface area is 97.0 Å². The van der Waals surface area contributed by atoms with Crippen LogP contribution < -0.4 is 5.32 Å². The molecule has 1 aliphatic heterocycles. The molecule has 0 radical (unpaired) electrons. The number of nitrogens with zero attached hydrogens (tertiary/aromatic N) is 3. The van der Waals surface area contributed by atoms with Crippen LogP contribution in [0.3, 0.4) is 0 Å². The molecule has 2 rings (SSSR count). The topological polar surface area (TPSA) is 108 Å². The van der Waals surface area contributed by atoms with E-state index in [1.54, 1.807) is 0 Å². The highest BCUT2D eigenvalue weighted by atomic mass is 16.5. The number of aliphatic carboxylic acids is 1. The van der Waals surface area contributed by atoms with E-state index in [1.807, 2.05) is 6.07 Å². The van der Waals surface area contributed by atoms with Gasteiger partial charge in [-0.3, -0.25) is 4.79 Å². The van der Waals surface area contributed by atoms with E-state index in [-0.39, 0.29) is 19.0 Å². The third-order valence-corrected chi connectivity index (χ3v) is 2.56. The lowest BCUT2D eigenvalue weighted by Crippen LogP contribution is -2.33. The summed E-state index contributed by atoms with van der Waals surface area (Å²) in [4.78, 5) is 10.9. The van der Waals surface area contributed by atoms with Crippen LogP contribution >= 0.6 is 0 Å². The molecule has 1 aliphatic rings. The number of carbonyl (C=O) groups is 1. The van der Waals surface area contributed by atoms with Crippen LogP contribution in [0.2, 0.25) is 0 Å². The number of rotatable bonds is 3. The molecule has 1 fully saturated rings. The van der Waals surface area contributed by atoms with Gasteiger partial charge in [-0.2, -0.15) is 10.4 Å². The fraction of sp³-hybridized carbons (Fsp3) is 0.400. The molecule has 0 aliphatic carbocycles. The van der Waals surface area contributed by atoms with E-state index in [4.69, 9.17) is 15.1 Å². The van der Waals surface area contributed by atoms with Gasteiger partial charge in [0.2, 0.25) is 0 Å². The van der Waals surface area contributed by atoms with Gasteiger partial charge in [0, 0.05) is 0 Å². The normalized spacial score (nSPS) is 23.0. The standard InChI is InChI=1S/C10H10N4O3/c11-3-6-1-2-12-14-9(6)13-8-5-17-4-7(8)10(15)16/h1-2,7-8H,4-5H2,(H,13,14)(H,15,16). The zero-order valence-corrected chi connectivity index (χ0v) is 8.83. The number of carboxylic acids is 1. The highest BCUT2D eigenvalue weighted by Gasteiger charge is 2.34. The molecule has 7 nitrogen and oxygen atoms in total. The molecule has 0 bridgehead atoms. The Kier molecular flexibility index (Phi) is 3.16. The van der Waals surface area contributed by atoms with Gasteiger partial charge in [-0.25, -0.2) is 0 Å². The van der Waals surface area contributed by atoms with Gasteiger partial charge in [0.25, 0.3) is 0 Å². The van der Waals surface area contributed by atoms with Crippen LogP contribution in [0.1, 0.15) is 5.56 Å². The number of ether oxygens (including phenoxy) is 1. The van der Waals surface area contributed by atoms with Crippen LogP contribution in [0.5, 0.6) is 0 Å². The van der Waals surface area contributed by atoms with Crippen LogP contribution in [0.4, 0.5) is 5.82 Å². The summed E-state index contributed by atoms with van der Waals surface area (Å²) in [6.07, 6.45) is 1.41. The first-order valence-electron chi connectivity index (χ1n) is 5.01. The molecule has 0 spiro atoms. The first-order chi connectivity index (χ1) is 8.22. The summed E-state index contributed by atoms with van der Waals surface area (Å²) < 4.78 is 5.10. The zero-order valence-electron chi connectivity index (χ0n) is 8.83. The minimum atomic E-state index is -0.928. The molecular weight excluding hydrogens is 224 g/mol. The molecule has 17 heavy (non-hydrogen) atoms. The Morgan fingerprint density at radius 2 is 2.47 bits per heavy atom. The summed E-state index contributed by atoms with van der Waals surface area (Å²) in [7, 11) is 0. The summed E-state index contributed by atoms with van der Waals surface area (Å²) in [5.41, 5.74) is 0.330. The predicted molar refractivity (Wildman–Crippen MR) is 56.1 cm³/mol. The fourth-order valence-electron chi connectivity index (χ4n) is 1.64. The minimum absolute atomic E-state index is 0.162. The Balaban J connectivity index is 2.15. The maximum absolute atomic E-state index is 10.9. The van der Waals surface area contributed by atoms with Gasteiger partial charge >= 0.3 is 5.97 Å². The summed E-state index contributed by atoms with van der Waals surface area (Å²) in [6.45, 7) is 0.438. The molecule has 2 N–H and O–H groups in total. The lowest BCUT2D eigenvalue weighted by atomic mass is 10.0. The summed E-state index contributed by atoms with van der Waals surface area (Å²) >= 11 is 0. The lowest BCUT2D eigenvalue weighted by molar-refractivity contribution is -0.141. The van der Waals surface area contributed by atoms with Crippen LogP contribution in [-0.2, 0) is 9.53 Å². The third kappa shape index (κ3) is 2.32. The van der Waals surface area contributed by atoms with Crippen LogP contribution in [0.15, 0.2) is 12.3 Å². The molecule has 88 valence electrons. The molecule has 0 aromatic carbocycles. The second-order valence-electron chi connectivity index (χ2n) is 3.64. The average Bonchev–Trinajstić information content (AvgIpc) is 2.78. The van der Waals surface area contributed by atoms with Crippen molar-refractivity contribution in [1.29, 1.82) is 5.26 Å². The maximum Gasteiger partial charge on any atom is 0.311 e. The molecule has 2 heterocycles. The number of aromatic nitrogens is 2. The van der Waals surface area contributed by atoms with Crippen LogP contribution in [0.25, 0.3) is 0 Å². The zero-order chi connectivity index (χ0) is 12.3. The van der Waals surface area contributed by atoms with Crippen molar-refractivity contribution in [2.45, 2.75) is 6.04 Å². The molecule has 0 saturated carbocycles. The summed E-state index contributed by atoms with van der Waals surface area (Å²) in [5.74, 6) is -1.28. The second kappa shape index (κ2) is 4.76. The van der Waals surface area contributed by atoms with E-state index in [1.165, 1.54) is 12.3 Å². The van der Waals surface area contributed by atoms with Gasteiger partial charge in [0.05, 0.1) is 31.0 Å². The van der Waals surface area contributed by atoms with Crippen molar-refractivity contribution in [2.75, 3.05) is 18.5 Å². The van der Waals surface area contributed by atoms with E-state index in [2.05, 4.69) is 15.5 Å². The van der Waals surface area contributed by atoms with E-state index in [9.17, 15) is 4.79 Å².